The molecule has 1 fully saturated rings. The first kappa shape index (κ1) is 12.3. The van der Waals surface area contributed by atoms with Gasteiger partial charge in [0.1, 0.15) is 18.1 Å². The number of nitrogens with two attached hydrogens (primary N) is 1. The number of hydrazine groups is 1. The normalized spacial score (nSPS) is 15.8. The van der Waals surface area contributed by atoms with Gasteiger partial charge in [0.25, 0.3) is 5.91 Å². The SMILES string of the molecule is CN1CCN(C(=O)c2cccc(NN)n2)CC1=O. The van der Waals surface area contributed by atoms with Crippen LogP contribution in [0.2, 0.25) is 0 Å². The Hall–Kier alpha value is -2.15. The number of nitrogens with zero attached hydrogens (tertiary/aromatic N) is 3. The molecule has 1 aliphatic rings. The third-order valence-electron chi connectivity index (χ3n) is 2.86. The van der Waals surface area contributed by atoms with Crippen molar-refractivity contribution in [2.75, 3.05) is 32.1 Å². The number of rotatable bonds is 2. The molecule has 96 valence electrons. The van der Waals surface area contributed by atoms with Crippen molar-refractivity contribution in [2.45, 2.75) is 0 Å². The lowest BCUT2D eigenvalue weighted by atomic mass is 10.2. The summed E-state index contributed by atoms with van der Waals surface area (Å²) in [7, 11) is 1.72. The minimum Gasteiger partial charge on any atom is -0.342 e. The Morgan fingerprint density at radius 3 is 2.89 bits per heavy atom. The molecule has 0 saturated carbocycles. The number of nitrogen functional groups attached to an aromatic ring is 1. The van der Waals surface area contributed by atoms with Gasteiger partial charge in [-0.05, 0) is 12.1 Å². The molecule has 0 radical (unpaired) electrons. The van der Waals surface area contributed by atoms with Crippen molar-refractivity contribution in [2.24, 2.45) is 5.84 Å². The van der Waals surface area contributed by atoms with E-state index in [4.69, 9.17) is 5.84 Å². The summed E-state index contributed by atoms with van der Waals surface area (Å²) in [5.41, 5.74) is 2.66. The van der Waals surface area contributed by atoms with Crippen molar-refractivity contribution in [3.05, 3.63) is 23.9 Å². The topological polar surface area (TPSA) is 91.6 Å². The molecule has 18 heavy (non-hydrogen) atoms. The largest absolute Gasteiger partial charge is 0.342 e. The summed E-state index contributed by atoms with van der Waals surface area (Å²) in [4.78, 5) is 30.8. The van der Waals surface area contributed by atoms with E-state index in [1.54, 1.807) is 30.1 Å². The van der Waals surface area contributed by atoms with Gasteiger partial charge in [0, 0.05) is 20.1 Å². The smallest absolute Gasteiger partial charge is 0.273 e. The van der Waals surface area contributed by atoms with Crippen molar-refractivity contribution in [3.8, 4) is 0 Å². The van der Waals surface area contributed by atoms with Gasteiger partial charge in [-0.25, -0.2) is 10.8 Å². The van der Waals surface area contributed by atoms with Gasteiger partial charge < -0.3 is 15.2 Å². The van der Waals surface area contributed by atoms with E-state index in [-0.39, 0.29) is 24.1 Å². The molecule has 7 nitrogen and oxygen atoms in total. The quantitative estimate of drug-likeness (QED) is 0.533. The predicted octanol–water partition coefficient (Wildman–Crippen LogP) is -0.719. The molecule has 0 bridgehead atoms. The average Bonchev–Trinajstić information content (AvgIpc) is 2.41. The summed E-state index contributed by atoms with van der Waals surface area (Å²) >= 11 is 0. The van der Waals surface area contributed by atoms with Crippen LogP contribution in [-0.2, 0) is 4.79 Å². The average molecular weight is 249 g/mol. The highest BCUT2D eigenvalue weighted by molar-refractivity contribution is 5.95. The highest BCUT2D eigenvalue weighted by atomic mass is 16.2. The van der Waals surface area contributed by atoms with Crippen molar-refractivity contribution in [1.82, 2.24) is 14.8 Å². The van der Waals surface area contributed by atoms with E-state index in [2.05, 4.69) is 10.4 Å². The lowest BCUT2D eigenvalue weighted by Gasteiger charge is -2.31. The van der Waals surface area contributed by atoms with Crippen LogP contribution in [0, 0.1) is 0 Å². The number of likely N-dealkylation sites (N-methyl/N-ethyl adjacent to an activating group) is 1. The summed E-state index contributed by atoms with van der Waals surface area (Å²) in [6.45, 7) is 1.15. The highest BCUT2D eigenvalue weighted by Crippen LogP contribution is 2.09. The zero-order chi connectivity index (χ0) is 13.1. The second-order valence-electron chi connectivity index (χ2n) is 4.09. The second-order valence-corrected chi connectivity index (χ2v) is 4.09. The first-order valence-corrected chi connectivity index (χ1v) is 5.58. The van der Waals surface area contributed by atoms with Gasteiger partial charge in [0.05, 0.1) is 0 Å². The minimum atomic E-state index is -0.256. The maximum atomic E-state index is 12.1. The summed E-state index contributed by atoms with van der Waals surface area (Å²) in [5, 5.41) is 0. The van der Waals surface area contributed by atoms with Crippen LogP contribution in [0.15, 0.2) is 18.2 Å². The van der Waals surface area contributed by atoms with Gasteiger partial charge in [0.2, 0.25) is 5.91 Å². The third kappa shape index (κ3) is 2.40. The molecule has 0 atom stereocenters. The number of hydrogen-bond donors (Lipinski definition) is 2. The Labute approximate surface area is 105 Å². The predicted molar refractivity (Wildman–Crippen MR) is 65.6 cm³/mol. The van der Waals surface area contributed by atoms with Crippen LogP contribution in [0.25, 0.3) is 0 Å². The molecule has 0 aromatic carbocycles. The first-order valence-electron chi connectivity index (χ1n) is 5.58. The van der Waals surface area contributed by atoms with Gasteiger partial charge in [-0.1, -0.05) is 6.07 Å². The van der Waals surface area contributed by atoms with Gasteiger partial charge >= 0.3 is 0 Å². The van der Waals surface area contributed by atoms with E-state index in [0.717, 1.165) is 0 Å². The molecule has 2 rings (SSSR count). The number of hydrogen-bond acceptors (Lipinski definition) is 5. The molecular weight excluding hydrogens is 234 g/mol. The van der Waals surface area contributed by atoms with Crippen molar-refractivity contribution in [1.29, 1.82) is 0 Å². The monoisotopic (exact) mass is 249 g/mol. The van der Waals surface area contributed by atoms with E-state index < -0.39 is 0 Å². The van der Waals surface area contributed by atoms with Crippen molar-refractivity contribution < 1.29 is 9.59 Å². The van der Waals surface area contributed by atoms with Crippen LogP contribution in [-0.4, -0.2) is 53.3 Å². The molecule has 1 aliphatic heterocycles. The van der Waals surface area contributed by atoms with E-state index in [1.165, 1.54) is 4.90 Å². The highest BCUT2D eigenvalue weighted by Gasteiger charge is 2.26. The molecule has 2 heterocycles. The number of pyridine rings is 1. The van der Waals surface area contributed by atoms with Crippen LogP contribution >= 0.6 is 0 Å². The molecule has 0 aliphatic carbocycles. The Balaban J connectivity index is 2.13. The van der Waals surface area contributed by atoms with Crippen LogP contribution in [0.5, 0.6) is 0 Å². The molecule has 0 unspecified atom stereocenters. The van der Waals surface area contributed by atoms with Crippen LogP contribution in [0.3, 0.4) is 0 Å². The van der Waals surface area contributed by atoms with Crippen LogP contribution in [0.1, 0.15) is 10.5 Å². The number of piperazine rings is 1. The van der Waals surface area contributed by atoms with Crippen molar-refractivity contribution in [3.63, 3.8) is 0 Å². The fraction of sp³-hybridized carbons (Fsp3) is 0.364. The van der Waals surface area contributed by atoms with E-state index >= 15 is 0 Å². The van der Waals surface area contributed by atoms with E-state index in [9.17, 15) is 9.59 Å². The zero-order valence-electron chi connectivity index (χ0n) is 10.1. The molecule has 2 amide bonds. The number of amides is 2. The van der Waals surface area contributed by atoms with Gasteiger partial charge in [0.15, 0.2) is 0 Å². The first-order chi connectivity index (χ1) is 8.61. The van der Waals surface area contributed by atoms with Crippen LogP contribution in [0.4, 0.5) is 5.82 Å². The number of anilines is 1. The van der Waals surface area contributed by atoms with Crippen LogP contribution < -0.4 is 11.3 Å². The molecule has 1 aromatic rings. The Kier molecular flexibility index (Phi) is 3.42. The number of nitrogens with one attached hydrogen (secondary N) is 1. The zero-order valence-corrected chi connectivity index (χ0v) is 10.1. The third-order valence-corrected chi connectivity index (χ3v) is 2.86. The summed E-state index contributed by atoms with van der Waals surface area (Å²) in [6.07, 6.45) is 0. The van der Waals surface area contributed by atoms with E-state index in [0.29, 0.717) is 18.9 Å². The molecule has 1 saturated heterocycles. The van der Waals surface area contributed by atoms with Gasteiger partial charge in [-0.2, -0.15) is 0 Å². The lowest BCUT2D eigenvalue weighted by Crippen LogP contribution is -2.50. The van der Waals surface area contributed by atoms with E-state index in [1.807, 2.05) is 0 Å². The summed E-state index contributed by atoms with van der Waals surface area (Å²) in [5.74, 6) is 5.33. The Morgan fingerprint density at radius 1 is 1.44 bits per heavy atom. The molecule has 3 N–H and O–H groups in total. The molecule has 7 heteroatoms. The molecule has 0 spiro atoms. The number of aromatic nitrogens is 1. The number of carbonyl (C=O) groups excluding carboxylic acids is 2. The maximum absolute atomic E-state index is 12.1. The maximum Gasteiger partial charge on any atom is 0.273 e. The molecular formula is C11H15N5O2. The summed E-state index contributed by atoms with van der Waals surface area (Å²) in [6, 6.07) is 4.95. The summed E-state index contributed by atoms with van der Waals surface area (Å²) < 4.78 is 0. The molecule has 1 aromatic heterocycles. The fourth-order valence-corrected chi connectivity index (χ4v) is 1.73. The van der Waals surface area contributed by atoms with Gasteiger partial charge in [-0.15, -0.1) is 0 Å². The minimum absolute atomic E-state index is 0.0669. The van der Waals surface area contributed by atoms with Crippen molar-refractivity contribution >= 4 is 17.6 Å². The fourth-order valence-electron chi connectivity index (χ4n) is 1.73. The second kappa shape index (κ2) is 5.01. The lowest BCUT2D eigenvalue weighted by molar-refractivity contribution is -0.133. The van der Waals surface area contributed by atoms with Gasteiger partial charge in [-0.3, -0.25) is 9.59 Å². The standard InChI is InChI=1S/C11H15N5O2/c1-15-5-6-16(7-10(15)17)11(18)8-3-2-4-9(13-8)14-12/h2-4H,5-7,12H2,1H3,(H,13,14). The Morgan fingerprint density at radius 2 is 2.22 bits per heavy atom. The Bertz CT molecular complexity index is 476. The number of carbonyl (C=O) groups is 2.